The van der Waals surface area contributed by atoms with E-state index < -0.39 is 12.0 Å². The van der Waals surface area contributed by atoms with E-state index in [2.05, 4.69) is 10.6 Å². The van der Waals surface area contributed by atoms with Crippen LogP contribution in [0.3, 0.4) is 0 Å². The minimum atomic E-state index is -0.964. The standard InChI is InChI=1S/C13H17ClN2O4/c1-20-8-11(9-3-2-4-10(14)7-9)16-13(19)15-6-5-12(17)18/h2-4,7,11H,5-6,8H2,1H3,(H,17,18)(H2,15,16,19). The number of rotatable bonds is 7. The van der Waals surface area contributed by atoms with Crippen molar-refractivity contribution in [3.63, 3.8) is 0 Å². The van der Waals surface area contributed by atoms with Gasteiger partial charge in [0, 0.05) is 18.7 Å². The number of carboxylic acid groups (broad SMARTS) is 1. The molecule has 0 aliphatic carbocycles. The van der Waals surface area contributed by atoms with Gasteiger partial charge in [0.05, 0.1) is 19.1 Å². The molecular formula is C13H17ClN2O4. The van der Waals surface area contributed by atoms with Crippen LogP contribution in [0.15, 0.2) is 24.3 Å². The number of carbonyl (C=O) groups is 2. The van der Waals surface area contributed by atoms with E-state index in [1.54, 1.807) is 18.2 Å². The predicted molar refractivity (Wildman–Crippen MR) is 74.9 cm³/mol. The normalized spacial score (nSPS) is 11.7. The first kappa shape index (κ1) is 16.3. The fourth-order valence-corrected chi connectivity index (χ4v) is 1.80. The van der Waals surface area contributed by atoms with E-state index in [1.807, 2.05) is 6.07 Å². The van der Waals surface area contributed by atoms with Crippen LogP contribution in [-0.4, -0.2) is 37.4 Å². The van der Waals surface area contributed by atoms with Crippen molar-refractivity contribution in [1.29, 1.82) is 0 Å². The first-order chi connectivity index (χ1) is 9.52. The van der Waals surface area contributed by atoms with Crippen LogP contribution in [0.2, 0.25) is 5.02 Å². The number of methoxy groups -OCH3 is 1. The molecule has 1 rings (SSSR count). The Morgan fingerprint density at radius 1 is 1.45 bits per heavy atom. The highest BCUT2D eigenvalue weighted by Crippen LogP contribution is 2.18. The van der Waals surface area contributed by atoms with Crippen molar-refractivity contribution < 1.29 is 19.4 Å². The molecule has 1 unspecified atom stereocenters. The van der Waals surface area contributed by atoms with Crippen molar-refractivity contribution in [2.24, 2.45) is 0 Å². The second kappa shape index (κ2) is 8.39. The molecule has 0 aliphatic rings. The van der Waals surface area contributed by atoms with Crippen molar-refractivity contribution in [3.05, 3.63) is 34.9 Å². The Morgan fingerprint density at radius 3 is 2.80 bits per heavy atom. The van der Waals surface area contributed by atoms with Crippen molar-refractivity contribution >= 4 is 23.6 Å². The highest BCUT2D eigenvalue weighted by molar-refractivity contribution is 6.30. The SMILES string of the molecule is COCC(NC(=O)NCCC(=O)O)c1cccc(Cl)c1. The van der Waals surface area contributed by atoms with E-state index >= 15 is 0 Å². The van der Waals surface area contributed by atoms with Gasteiger partial charge in [-0.1, -0.05) is 23.7 Å². The highest BCUT2D eigenvalue weighted by atomic mass is 35.5. The number of carbonyl (C=O) groups excluding carboxylic acids is 1. The Labute approximate surface area is 122 Å². The summed E-state index contributed by atoms with van der Waals surface area (Å²) in [6.07, 6.45) is -0.125. The second-order valence-electron chi connectivity index (χ2n) is 4.11. The summed E-state index contributed by atoms with van der Waals surface area (Å²) in [5.41, 5.74) is 0.813. The van der Waals surface area contributed by atoms with E-state index in [4.69, 9.17) is 21.4 Å². The van der Waals surface area contributed by atoms with Crippen LogP contribution in [0, 0.1) is 0 Å². The Bertz CT molecular complexity index is 467. The fraction of sp³-hybridized carbons (Fsp3) is 0.385. The maximum absolute atomic E-state index is 11.7. The lowest BCUT2D eigenvalue weighted by molar-refractivity contribution is -0.136. The zero-order valence-electron chi connectivity index (χ0n) is 11.1. The maximum atomic E-state index is 11.7. The van der Waals surface area contributed by atoms with Gasteiger partial charge in [-0.3, -0.25) is 4.79 Å². The van der Waals surface area contributed by atoms with Gasteiger partial charge in [-0.2, -0.15) is 0 Å². The van der Waals surface area contributed by atoms with Gasteiger partial charge in [0.2, 0.25) is 0 Å². The Kier molecular flexibility index (Phi) is 6.83. The molecule has 0 saturated carbocycles. The fourth-order valence-electron chi connectivity index (χ4n) is 1.60. The number of halogens is 1. The van der Waals surface area contributed by atoms with Crippen molar-refractivity contribution in [3.8, 4) is 0 Å². The summed E-state index contributed by atoms with van der Waals surface area (Å²) < 4.78 is 5.06. The second-order valence-corrected chi connectivity index (χ2v) is 4.54. The van der Waals surface area contributed by atoms with E-state index in [-0.39, 0.29) is 25.6 Å². The number of amides is 2. The van der Waals surface area contributed by atoms with Crippen LogP contribution < -0.4 is 10.6 Å². The molecule has 0 spiro atoms. The molecule has 0 aromatic heterocycles. The molecule has 0 fully saturated rings. The molecular weight excluding hydrogens is 284 g/mol. The summed E-state index contributed by atoms with van der Waals surface area (Å²) in [6, 6.07) is 6.28. The topological polar surface area (TPSA) is 87.7 Å². The third kappa shape index (κ3) is 5.90. The first-order valence-electron chi connectivity index (χ1n) is 6.03. The monoisotopic (exact) mass is 300 g/mol. The number of urea groups is 1. The quantitative estimate of drug-likeness (QED) is 0.716. The Hall–Kier alpha value is -1.79. The van der Waals surface area contributed by atoms with E-state index in [0.717, 1.165) is 5.56 Å². The highest BCUT2D eigenvalue weighted by Gasteiger charge is 2.14. The van der Waals surface area contributed by atoms with Gasteiger partial charge in [0.15, 0.2) is 0 Å². The zero-order chi connectivity index (χ0) is 15.0. The zero-order valence-corrected chi connectivity index (χ0v) is 11.8. The third-order valence-electron chi connectivity index (χ3n) is 2.51. The van der Waals surface area contributed by atoms with Crippen LogP contribution in [0.5, 0.6) is 0 Å². The summed E-state index contributed by atoms with van der Waals surface area (Å²) in [7, 11) is 1.53. The minimum absolute atomic E-state index is 0.0659. The molecule has 0 radical (unpaired) electrons. The van der Waals surface area contributed by atoms with Crippen LogP contribution in [0.25, 0.3) is 0 Å². The number of aliphatic carboxylic acids is 1. The van der Waals surface area contributed by atoms with E-state index in [9.17, 15) is 9.59 Å². The average molecular weight is 301 g/mol. The lowest BCUT2D eigenvalue weighted by atomic mass is 10.1. The summed E-state index contributed by atoms with van der Waals surface area (Å²) in [5.74, 6) is -0.964. The lowest BCUT2D eigenvalue weighted by Crippen LogP contribution is -2.40. The summed E-state index contributed by atoms with van der Waals surface area (Å²) in [6.45, 7) is 0.350. The Morgan fingerprint density at radius 2 is 2.20 bits per heavy atom. The van der Waals surface area contributed by atoms with Crippen LogP contribution in [0.1, 0.15) is 18.0 Å². The summed E-state index contributed by atoms with van der Waals surface area (Å²) in [5, 5.41) is 14.2. The smallest absolute Gasteiger partial charge is 0.315 e. The van der Waals surface area contributed by atoms with E-state index in [0.29, 0.717) is 5.02 Å². The molecule has 1 aromatic carbocycles. The van der Waals surface area contributed by atoms with Gasteiger partial charge in [-0.15, -0.1) is 0 Å². The van der Waals surface area contributed by atoms with Crippen molar-refractivity contribution in [1.82, 2.24) is 10.6 Å². The van der Waals surface area contributed by atoms with Crippen molar-refractivity contribution in [2.75, 3.05) is 20.3 Å². The van der Waals surface area contributed by atoms with E-state index in [1.165, 1.54) is 7.11 Å². The third-order valence-corrected chi connectivity index (χ3v) is 2.75. The number of hydrogen-bond donors (Lipinski definition) is 3. The van der Waals surface area contributed by atoms with Gasteiger partial charge >= 0.3 is 12.0 Å². The molecule has 3 N–H and O–H groups in total. The molecule has 0 bridgehead atoms. The number of benzene rings is 1. The largest absolute Gasteiger partial charge is 0.481 e. The van der Waals surface area contributed by atoms with Crippen LogP contribution in [-0.2, 0) is 9.53 Å². The van der Waals surface area contributed by atoms with Gasteiger partial charge < -0.3 is 20.5 Å². The molecule has 0 heterocycles. The molecule has 1 aromatic rings. The molecule has 1 atom stereocenters. The number of hydrogen-bond acceptors (Lipinski definition) is 3. The number of ether oxygens (including phenoxy) is 1. The number of carboxylic acids is 1. The molecule has 7 heteroatoms. The van der Waals surface area contributed by atoms with Crippen molar-refractivity contribution in [2.45, 2.75) is 12.5 Å². The molecule has 0 aliphatic heterocycles. The minimum Gasteiger partial charge on any atom is -0.481 e. The average Bonchev–Trinajstić information content (AvgIpc) is 2.37. The maximum Gasteiger partial charge on any atom is 0.315 e. The predicted octanol–water partition coefficient (Wildman–Crippen LogP) is 1.80. The molecule has 2 amide bonds. The van der Waals surface area contributed by atoms with Crippen LogP contribution in [0.4, 0.5) is 4.79 Å². The molecule has 20 heavy (non-hydrogen) atoms. The molecule has 6 nitrogen and oxygen atoms in total. The first-order valence-corrected chi connectivity index (χ1v) is 6.41. The molecule has 110 valence electrons. The Balaban J connectivity index is 2.58. The van der Waals surface area contributed by atoms with Crippen LogP contribution >= 0.6 is 11.6 Å². The van der Waals surface area contributed by atoms with Gasteiger partial charge in [0.25, 0.3) is 0 Å². The van der Waals surface area contributed by atoms with Gasteiger partial charge in [-0.05, 0) is 17.7 Å². The lowest BCUT2D eigenvalue weighted by Gasteiger charge is -2.19. The summed E-state index contributed by atoms with van der Waals surface area (Å²) in [4.78, 5) is 22.0. The number of nitrogens with one attached hydrogen (secondary N) is 2. The summed E-state index contributed by atoms with van der Waals surface area (Å²) >= 11 is 5.91. The molecule has 0 saturated heterocycles. The van der Waals surface area contributed by atoms with Gasteiger partial charge in [-0.25, -0.2) is 4.79 Å². The van der Waals surface area contributed by atoms with Gasteiger partial charge in [0.1, 0.15) is 0 Å².